The summed E-state index contributed by atoms with van der Waals surface area (Å²) in [6.45, 7) is 0.399. The predicted octanol–water partition coefficient (Wildman–Crippen LogP) is 0.108. The fraction of sp³-hybridized carbons (Fsp3) is 0.350. The zero-order valence-electron chi connectivity index (χ0n) is 15.5. The minimum Gasteiger partial charge on any atom is -0.549 e. The van der Waals surface area contributed by atoms with Crippen LogP contribution in [0, 0.1) is 0 Å². The summed E-state index contributed by atoms with van der Waals surface area (Å²) in [5.74, 6) is -1.05. The van der Waals surface area contributed by atoms with Crippen molar-refractivity contribution in [3.63, 3.8) is 0 Å². The molecule has 2 aromatic carbocycles. The van der Waals surface area contributed by atoms with E-state index in [9.17, 15) is 23.1 Å². The number of carbonyl (C=O) groups is 1. The van der Waals surface area contributed by atoms with E-state index in [2.05, 4.69) is 0 Å². The smallest absolute Gasteiger partial charge is 0.549 e. The molecule has 0 saturated heterocycles. The molecule has 0 unspecified atom stereocenters. The molecule has 7 heteroatoms. The number of carboxylic acids is 1. The molecule has 2 rings (SSSR count). The second-order valence-electron chi connectivity index (χ2n) is 6.40. The monoisotopic (exact) mass is 371 g/mol. The molecular formula is C20H21F3LiNO2. The minimum atomic E-state index is -4.34. The fourth-order valence-electron chi connectivity index (χ4n) is 2.90. The average Bonchev–Trinajstić information content (AvgIpc) is 2.58. The van der Waals surface area contributed by atoms with Crippen molar-refractivity contribution in [1.82, 2.24) is 4.90 Å². The van der Waals surface area contributed by atoms with E-state index in [0.717, 1.165) is 23.3 Å². The Morgan fingerprint density at radius 3 is 2.19 bits per heavy atom. The molecular weight excluding hydrogens is 350 g/mol. The molecule has 2 aromatic rings. The van der Waals surface area contributed by atoms with Gasteiger partial charge in [0.2, 0.25) is 0 Å². The Balaban J connectivity index is 0.00000364. The standard InChI is InChI=1S/C20H22F3NO2.Li/c1-24(14-19(25)26)12-11-17(16-5-3-2-4-6-16)13-15-7-9-18(10-8-15)20(21,22)23;/h2-10,17H,11-14H2,1H3,(H,25,26);/q;+1/p-1/t17-;/m1./s1. The second-order valence-corrected chi connectivity index (χ2v) is 6.40. The van der Waals surface area contributed by atoms with Crippen LogP contribution in [0.1, 0.15) is 29.0 Å². The van der Waals surface area contributed by atoms with Gasteiger partial charge >= 0.3 is 25.0 Å². The molecule has 3 nitrogen and oxygen atoms in total. The van der Waals surface area contributed by atoms with Crippen LogP contribution in [0.15, 0.2) is 54.6 Å². The van der Waals surface area contributed by atoms with Gasteiger partial charge < -0.3 is 14.8 Å². The Morgan fingerprint density at radius 2 is 1.67 bits per heavy atom. The van der Waals surface area contributed by atoms with Gasteiger partial charge in [0.1, 0.15) is 0 Å². The summed E-state index contributed by atoms with van der Waals surface area (Å²) >= 11 is 0. The number of aliphatic carboxylic acids is 1. The van der Waals surface area contributed by atoms with Crippen molar-refractivity contribution in [2.75, 3.05) is 20.1 Å². The molecule has 0 aliphatic carbocycles. The number of benzene rings is 2. The van der Waals surface area contributed by atoms with Gasteiger partial charge in [-0.1, -0.05) is 42.5 Å². The Bertz CT molecular complexity index is 705. The molecule has 0 saturated carbocycles. The SMILES string of the molecule is CN(CC[C@H](Cc1ccc(C(F)(F)F)cc1)c1ccccc1)CC(=O)[O-].[Li+]. The number of hydrogen-bond donors (Lipinski definition) is 0. The van der Waals surface area contributed by atoms with Gasteiger partial charge in [0.25, 0.3) is 0 Å². The van der Waals surface area contributed by atoms with E-state index in [1.165, 1.54) is 12.1 Å². The van der Waals surface area contributed by atoms with E-state index >= 15 is 0 Å². The normalized spacial score (nSPS) is 12.5. The topological polar surface area (TPSA) is 43.4 Å². The van der Waals surface area contributed by atoms with Crippen LogP contribution < -0.4 is 24.0 Å². The summed E-state index contributed by atoms with van der Waals surface area (Å²) in [5, 5.41) is 10.7. The van der Waals surface area contributed by atoms with Crippen molar-refractivity contribution < 1.29 is 41.9 Å². The van der Waals surface area contributed by atoms with Crippen LogP contribution in [-0.2, 0) is 17.4 Å². The number of likely N-dealkylation sites (N-methyl/N-ethyl adjacent to an activating group) is 1. The Labute approximate surface area is 169 Å². The summed E-state index contributed by atoms with van der Waals surface area (Å²) < 4.78 is 38.1. The van der Waals surface area contributed by atoms with Gasteiger partial charge in [-0.2, -0.15) is 13.2 Å². The molecule has 0 amide bonds. The van der Waals surface area contributed by atoms with Gasteiger partial charge in [-0.05, 0) is 55.6 Å². The van der Waals surface area contributed by atoms with E-state index in [1.54, 1.807) is 11.9 Å². The van der Waals surface area contributed by atoms with Crippen molar-refractivity contribution in [2.24, 2.45) is 0 Å². The number of alkyl halides is 3. The van der Waals surface area contributed by atoms with Gasteiger partial charge in [-0.25, -0.2) is 0 Å². The molecule has 1 atom stereocenters. The minimum absolute atomic E-state index is 0. The van der Waals surface area contributed by atoms with E-state index in [-0.39, 0.29) is 31.3 Å². The molecule has 0 radical (unpaired) electrons. The van der Waals surface area contributed by atoms with Crippen LogP contribution in [0.4, 0.5) is 13.2 Å². The van der Waals surface area contributed by atoms with E-state index in [0.29, 0.717) is 19.4 Å². The summed E-state index contributed by atoms with van der Waals surface area (Å²) in [5.41, 5.74) is 1.23. The van der Waals surface area contributed by atoms with E-state index in [1.807, 2.05) is 30.3 Å². The van der Waals surface area contributed by atoms with Crippen LogP contribution in [0.5, 0.6) is 0 Å². The first-order chi connectivity index (χ1) is 12.3. The number of hydrogen-bond acceptors (Lipinski definition) is 3. The molecule has 0 bridgehead atoms. The summed E-state index contributed by atoms with van der Waals surface area (Å²) in [7, 11) is 1.70. The largest absolute Gasteiger partial charge is 1.00 e. The van der Waals surface area contributed by atoms with E-state index < -0.39 is 17.7 Å². The van der Waals surface area contributed by atoms with Crippen molar-refractivity contribution in [3.05, 3.63) is 71.3 Å². The molecule has 0 fully saturated rings. The van der Waals surface area contributed by atoms with Crippen molar-refractivity contribution >= 4 is 5.97 Å². The van der Waals surface area contributed by atoms with Crippen LogP contribution >= 0.6 is 0 Å². The van der Waals surface area contributed by atoms with Gasteiger partial charge in [-0.15, -0.1) is 0 Å². The maximum atomic E-state index is 12.7. The van der Waals surface area contributed by atoms with Gasteiger partial charge in [0, 0.05) is 6.54 Å². The van der Waals surface area contributed by atoms with Crippen LogP contribution in [-0.4, -0.2) is 31.0 Å². The maximum Gasteiger partial charge on any atom is 1.00 e. The molecule has 27 heavy (non-hydrogen) atoms. The molecule has 0 aromatic heterocycles. The van der Waals surface area contributed by atoms with E-state index in [4.69, 9.17) is 0 Å². The zero-order chi connectivity index (χ0) is 19.2. The molecule has 0 aliphatic heterocycles. The zero-order valence-corrected chi connectivity index (χ0v) is 15.5. The van der Waals surface area contributed by atoms with Crippen LogP contribution in [0.3, 0.4) is 0 Å². The molecule has 140 valence electrons. The summed E-state index contributed by atoms with van der Waals surface area (Å²) in [6, 6.07) is 14.9. The Hall–Kier alpha value is -1.74. The first kappa shape index (κ1) is 23.3. The number of carbonyl (C=O) groups excluding carboxylic acids is 1. The second kappa shape index (κ2) is 10.6. The summed E-state index contributed by atoms with van der Waals surface area (Å²) in [4.78, 5) is 12.3. The van der Waals surface area contributed by atoms with Gasteiger partial charge in [-0.3, -0.25) is 0 Å². The maximum absolute atomic E-state index is 12.7. The van der Waals surface area contributed by atoms with Gasteiger partial charge in [0.05, 0.1) is 11.5 Å². The van der Waals surface area contributed by atoms with Crippen molar-refractivity contribution in [2.45, 2.75) is 24.9 Å². The van der Waals surface area contributed by atoms with Crippen LogP contribution in [0.25, 0.3) is 0 Å². The summed E-state index contributed by atoms with van der Waals surface area (Å²) in [6.07, 6.45) is -3.07. The quantitative estimate of drug-likeness (QED) is 0.619. The number of rotatable bonds is 8. The first-order valence-corrected chi connectivity index (χ1v) is 8.35. The first-order valence-electron chi connectivity index (χ1n) is 8.35. The number of carboxylic acid groups (broad SMARTS) is 1. The fourth-order valence-corrected chi connectivity index (χ4v) is 2.90. The third-order valence-corrected chi connectivity index (χ3v) is 4.29. The predicted molar refractivity (Wildman–Crippen MR) is 91.5 cm³/mol. The number of nitrogens with zero attached hydrogens (tertiary/aromatic N) is 1. The van der Waals surface area contributed by atoms with Crippen LogP contribution in [0.2, 0.25) is 0 Å². The van der Waals surface area contributed by atoms with Crippen molar-refractivity contribution in [1.29, 1.82) is 0 Å². The third-order valence-electron chi connectivity index (χ3n) is 4.29. The molecule has 0 spiro atoms. The molecule has 0 aliphatic rings. The van der Waals surface area contributed by atoms with Crippen molar-refractivity contribution in [3.8, 4) is 0 Å². The molecule has 0 heterocycles. The Morgan fingerprint density at radius 1 is 1.07 bits per heavy atom. The average molecular weight is 371 g/mol. The molecule has 0 N–H and O–H groups in total. The van der Waals surface area contributed by atoms with Gasteiger partial charge in [0.15, 0.2) is 0 Å². The third kappa shape index (κ3) is 7.80. The number of halogens is 3. The Kier molecular flexibility index (Phi) is 9.11.